The molecule has 1 fully saturated rings. The number of carbonyl (C=O) groups excluding carboxylic acids is 2. The summed E-state index contributed by atoms with van der Waals surface area (Å²) in [4.78, 5) is 36.2. The van der Waals surface area contributed by atoms with Gasteiger partial charge in [0, 0.05) is 37.6 Å². The minimum atomic E-state index is -1.03. The SMILES string of the molecule is CC(C)CCN(c1ccc(OCc2ccccc2)cc1)C1CCN(C(=O)C(C(N)=O)c2cnc[nH]2)CC1. The van der Waals surface area contributed by atoms with Crippen LogP contribution in [0.15, 0.2) is 67.1 Å². The maximum absolute atomic E-state index is 13.2. The molecule has 1 unspecified atom stereocenters. The molecule has 1 atom stereocenters. The van der Waals surface area contributed by atoms with E-state index in [1.165, 1.54) is 12.5 Å². The van der Waals surface area contributed by atoms with Crippen molar-refractivity contribution in [3.63, 3.8) is 0 Å². The van der Waals surface area contributed by atoms with E-state index in [-0.39, 0.29) is 5.91 Å². The number of likely N-dealkylation sites (tertiary alicyclic amines) is 1. The molecule has 0 saturated carbocycles. The summed E-state index contributed by atoms with van der Waals surface area (Å²) >= 11 is 0. The van der Waals surface area contributed by atoms with Crippen LogP contribution < -0.4 is 15.4 Å². The molecule has 196 valence electrons. The standard InChI is InChI=1S/C29H37N5O3/c1-21(2)12-17-34(23-8-10-25(11-9-23)37-19-22-6-4-3-5-7-22)24-13-15-33(16-14-24)29(36)27(28(30)35)26-18-31-20-32-26/h3-11,18,20-21,24,27H,12-17,19H2,1-2H3,(H2,30,35)(H,31,32). The first-order chi connectivity index (χ1) is 17.9. The number of nitrogens with one attached hydrogen (secondary N) is 1. The first-order valence-electron chi connectivity index (χ1n) is 13.0. The van der Waals surface area contributed by atoms with Gasteiger partial charge in [-0.2, -0.15) is 0 Å². The van der Waals surface area contributed by atoms with Crippen LogP contribution in [0.1, 0.15) is 50.3 Å². The van der Waals surface area contributed by atoms with Gasteiger partial charge in [-0.1, -0.05) is 44.2 Å². The Bertz CT molecular complexity index is 1120. The van der Waals surface area contributed by atoms with Crippen molar-refractivity contribution in [1.29, 1.82) is 0 Å². The molecule has 1 aliphatic rings. The van der Waals surface area contributed by atoms with Crippen LogP contribution in [0.4, 0.5) is 5.69 Å². The second kappa shape index (κ2) is 12.4. The number of hydrogen-bond acceptors (Lipinski definition) is 5. The van der Waals surface area contributed by atoms with Gasteiger partial charge in [-0.15, -0.1) is 0 Å². The minimum absolute atomic E-state index is 0.260. The fraction of sp³-hybridized carbons (Fsp3) is 0.414. The number of carbonyl (C=O) groups is 2. The number of piperidine rings is 1. The quantitative estimate of drug-likeness (QED) is 0.383. The Labute approximate surface area is 218 Å². The van der Waals surface area contributed by atoms with Crippen molar-refractivity contribution in [3.05, 3.63) is 78.4 Å². The average Bonchev–Trinajstić information content (AvgIpc) is 3.43. The summed E-state index contributed by atoms with van der Waals surface area (Å²) in [7, 11) is 0. The second-order valence-corrected chi connectivity index (χ2v) is 10.0. The highest BCUT2D eigenvalue weighted by Gasteiger charge is 2.35. The normalized spacial score (nSPS) is 14.9. The molecule has 3 aromatic rings. The predicted molar refractivity (Wildman–Crippen MR) is 144 cm³/mol. The maximum atomic E-state index is 13.2. The molecule has 0 aliphatic carbocycles. The highest BCUT2D eigenvalue weighted by atomic mass is 16.5. The van der Waals surface area contributed by atoms with Crippen LogP contribution in [0.25, 0.3) is 0 Å². The van der Waals surface area contributed by atoms with E-state index in [1.54, 1.807) is 4.90 Å². The van der Waals surface area contributed by atoms with Gasteiger partial charge in [0.25, 0.3) is 0 Å². The van der Waals surface area contributed by atoms with Gasteiger partial charge < -0.3 is 25.3 Å². The molecule has 2 aromatic carbocycles. The first-order valence-corrected chi connectivity index (χ1v) is 13.0. The number of benzene rings is 2. The monoisotopic (exact) mass is 503 g/mol. The van der Waals surface area contributed by atoms with Crippen LogP contribution in [0.3, 0.4) is 0 Å². The molecule has 4 rings (SSSR count). The lowest BCUT2D eigenvalue weighted by Gasteiger charge is -2.40. The largest absolute Gasteiger partial charge is 0.489 e. The number of hydrogen-bond donors (Lipinski definition) is 2. The predicted octanol–water partition coefficient (Wildman–Crippen LogP) is 4.10. The summed E-state index contributed by atoms with van der Waals surface area (Å²) in [5.41, 5.74) is 8.30. The number of nitrogens with zero attached hydrogens (tertiary/aromatic N) is 3. The summed E-state index contributed by atoms with van der Waals surface area (Å²) in [6, 6.07) is 18.7. The Hall–Kier alpha value is -3.81. The molecule has 0 bridgehead atoms. The summed E-state index contributed by atoms with van der Waals surface area (Å²) in [5.74, 6) is -0.524. The maximum Gasteiger partial charge on any atom is 0.241 e. The van der Waals surface area contributed by atoms with Gasteiger partial charge in [0.05, 0.1) is 12.0 Å². The topological polar surface area (TPSA) is 105 Å². The molecule has 0 radical (unpaired) electrons. The Morgan fingerprint density at radius 1 is 1.11 bits per heavy atom. The van der Waals surface area contributed by atoms with Crippen LogP contribution in [-0.2, 0) is 16.2 Å². The number of primary amides is 1. The molecule has 1 saturated heterocycles. The molecule has 2 amide bonds. The van der Waals surface area contributed by atoms with Gasteiger partial charge >= 0.3 is 0 Å². The summed E-state index contributed by atoms with van der Waals surface area (Å²) in [5, 5.41) is 0. The van der Waals surface area contributed by atoms with Crippen LogP contribution in [0, 0.1) is 5.92 Å². The van der Waals surface area contributed by atoms with Crippen LogP contribution in [0.2, 0.25) is 0 Å². The van der Waals surface area contributed by atoms with Gasteiger partial charge in [0.2, 0.25) is 11.8 Å². The Morgan fingerprint density at radius 2 is 1.81 bits per heavy atom. The van der Waals surface area contributed by atoms with Crippen molar-refractivity contribution in [1.82, 2.24) is 14.9 Å². The molecule has 2 heterocycles. The lowest BCUT2D eigenvalue weighted by molar-refractivity contribution is -0.138. The van der Waals surface area contributed by atoms with Crippen molar-refractivity contribution in [3.8, 4) is 5.75 Å². The number of nitrogens with two attached hydrogens (primary N) is 1. The van der Waals surface area contributed by atoms with Crippen LogP contribution >= 0.6 is 0 Å². The number of imidazole rings is 1. The summed E-state index contributed by atoms with van der Waals surface area (Å²) in [6.07, 6.45) is 5.67. The fourth-order valence-electron chi connectivity index (χ4n) is 4.81. The number of amides is 2. The van der Waals surface area contributed by atoms with Crippen molar-refractivity contribution in [2.24, 2.45) is 11.7 Å². The Balaban J connectivity index is 1.40. The highest BCUT2D eigenvalue weighted by Crippen LogP contribution is 2.28. The zero-order valence-corrected chi connectivity index (χ0v) is 21.7. The third kappa shape index (κ3) is 6.90. The molecule has 37 heavy (non-hydrogen) atoms. The van der Waals surface area contributed by atoms with Gasteiger partial charge in [0.1, 0.15) is 12.4 Å². The smallest absolute Gasteiger partial charge is 0.241 e. The van der Waals surface area contributed by atoms with Crippen LogP contribution in [-0.4, -0.2) is 52.4 Å². The molecular formula is C29H37N5O3. The third-order valence-electron chi connectivity index (χ3n) is 6.94. The molecular weight excluding hydrogens is 466 g/mol. The van der Waals surface area contributed by atoms with E-state index in [0.717, 1.165) is 42.8 Å². The van der Waals surface area contributed by atoms with E-state index in [4.69, 9.17) is 10.5 Å². The van der Waals surface area contributed by atoms with E-state index in [9.17, 15) is 9.59 Å². The van der Waals surface area contributed by atoms with E-state index < -0.39 is 11.8 Å². The zero-order chi connectivity index (χ0) is 26.2. The van der Waals surface area contributed by atoms with Crippen molar-refractivity contribution in [2.75, 3.05) is 24.5 Å². The van der Waals surface area contributed by atoms with Crippen LogP contribution in [0.5, 0.6) is 5.75 Å². The van der Waals surface area contributed by atoms with Gasteiger partial charge in [0.15, 0.2) is 5.92 Å². The molecule has 1 aromatic heterocycles. The lowest BCUT2D eigenvalue weighted by atomic mass is 9.97. The number of aromatic nitrogens is 2. The number of rotatable bonds is 11. The second-order valence-electron chi connectivity index (χ2n) is 10.0. The van der Waals surface area contributed by atoms with Gasteiger partial charge in [-0.05, 0) is 55.0 Å². The van der Waals surface area contributed by atoms with E-state index in [1.807, 2.05) is 30.3 Å². The third-order valence-corrected chi connectivity index (χ3v) is 6.94. The highest BCUT2D eigenvalue weighted by molar-refractivity contribution is 6.04. The summed E-state index contributed by atoms with van der Waals surface area (Å²) < 4.78 is 5.98. The molecule has 8 nitrogen and oxygen atoms in total. The van der Waals surface area contributed by atoms with E-state index in [2.05, 4.69) is 53.0 Å². The number of anilines is 1. The molecule has 0 spiro atoms. The molecule has 3 N–H and O–H groups in total. The average molecular weight is 504 g/mol. The number of aromatic amines is 1. The minimum Gasteiger partial charge on any atom is -0.489 e. The first kappa shape index (κ1) is 26.3. The Morgan fingerprint density at radius 3 is 2.41 bits per heavy atom. The molecule has 1 aliphatic heterocycles. The fourth-order valence-corrected chi connectivity index (χ4v) is 4.81. The van der Waals surface area contributed by atoms with Gasteiger partial charge in [-0.25, -0.2) is 4.98 Å². The van der Waals surface area contributed by atoms with Crippen molar-refractivity contribution >= 4 is 17.5 Å². The Kier molecular flexibility index (Phi) is 8.82. The lowest BCUT2D eigenvalue weighted by Crippen LogP contribution is -2.49. The van der Waals surface area contributed by atoms with E-state index >= 15 is 0 Å². The number of H-pyrrole nitrogens is 1. The van der Waals surface area contributed by atoms with E-state index in [0.29, 0.717) is 37.4 Å². The summed E-state index contributed by atoms with van der Waals surface area (Å²) in [6.45, 7) is 7.11. The van der Waals surface area contributed by atoms with Gasteiger partial charge in [-0.3, -0.25) is 9.59 Å². The molecule has 8 heteroatoms. The van der Waals surface area contributed by atoms with Crippen molar-refractivity contribution in [2.45, 2.75) is 51.7 Å². The van der Waals surface area contributed by atoms with Crippen molar-refractivity contribution < 1.29 is 14.3 Å². The zero-order valence-electron chi connectivity index (χ0n) is 21.7. The number of ether oxygens (including phenoxy) is 1.